The van der Waals surface area contributed by atoms with Gasteiger partial charge in [-0.2, -0.15) is 0 Å². The van der Waals surface area contributed by atoms with E-state index in [2.05, 4.69) is 0 Å². The molecule has 3 heteroatoms. The van der Waals surface area contributed by atoms with Gasteiger partial charge in [-0.05, 0) is 32.1 Å². The number of ketones is 1. The third kappa shape index (κ3) is 3.90. The van der Waals surface area contributed by atoms with Crippen LogP contribution in [0.1, 0.15) is 45.4 Å². The van der Waals surface area contributed by atoms with Crippen LogP contribution in [0.4, 0.5) is 0 Å². The molecule has 0 aromatic rings. The van der Waals surface area contributed by atoms with Crippen molar-refractivity contribution in [2.24, 2.45) is 5.92 Å². The molecule has 0 saturated heterocycles. The average molecular weight is 198 g/mol. The Morgan fingerprint density at radius 1 is 1.43 bits per heavy atom. The molecule has 0 atom stereocenters. The largest absolute Gasteiger partial charge is 0.466 e. The predicted octanol–water partition coefficient (Wildman–Crippen LogP) is 2.09. The summed E-state index contributed by atoms with van der Waals surface area (Å²) in [6.45, 7) is 2.28. The summed E-state index contributed by atoms with van der Waals surface area (Å²) in [5, 5.41) is 0. The smallest absolute Gasteiger partial charge is 0.305 e. The first kappa shape index (κ1) is 11.2. The number of rotatable bonds is 4. The number of Topliss-reactive ketones (excluding diaryl/α,β-unsaturated/α-hetero) is 1. The summed E-state index contributed by atoms with van der Waals surface area (Å²) in [4.78, 5) is 22.0. The Morgan fingerprint density at radius 2 is 2.07 bits per heavy atom. The fourth-order valence-corrected chi connectivity index (χ4v) is 1.84. The van der Waals surface area contributed by atoms with Gasteiger partial charge < -0.3 is 4.74 Å². The van der Waals surface area contributed by atoms with E-state index in [0.29, 0.717) is 37.6 Å². The molecule has 0 aromatic heterocycles. The van der Waals surface area contributed by atoms with E-state index in [1.807, 2.05) is 6.92 Å². The van der Waals surface area contributed by atoms with Gasteiger partial charge in [0, 0.05) is 19.3 Å². The maximum atomic E-state index is 11.1. The maximum Gasteiger partial charge on any atom is 0.305 e. The molecule has 1 aliphatic carbocycles. The van der Waals surface area contributed by atoms with Gasteiger partial charge in [-0.1, -0.05) is 0 Å². The molecule has 1 rings (SSSR count). The summed E-state index contributed by atoms with van der Waals surface area (Å²) in [5.74, 6) is 0.818. The number of hydrogen-bond acceptors (Lipinski definition) is 3. The van der Waals surface area contributed by atoms with Crippen molar-refractivity contribution in [1.82, 2.24) is 0 Å². The molecule has 0 radical (unpaired) electrons. The van der Waals surface area contributed by atoms with Crippen molar-refractivity contribution in [3.8, 4) is 0 Å². The van der Waals surface area contributed by atoms with E-state index in [1.54, 1.807) is 0 Å². The SMILES string of the molecule is CCOC(=O)CCC1CCC(=O)CC1. The van der Waals surface area contributed by atoms with Crippen LogP contribution < -0.4 is 0 Å². The van der Waals surface area contributed by atoms with E-state index in [1.165, 1.54) is 0 Å². The maximum absolute atomic E-state index is 11.1. The molecule has 1 aliphatic rings. The summed E-state index contributed by atoms with van der Waals surface area (Å²) < 4.78 is 4.85. The van der Waals surface area contributed by atoms with Gasteiger partial charge in [-0.3, -0.25) is 9.59 Å². The highest BCUT2D eigenvalue weighted by Crippen LogP contribution is 2.25. The van der Waals surface area contributed by atoms with Crippen molar-refractivity contribution in [2.45, 2.75) is 45.4 Å². The molecule has 1 fully saturated rings. The van der Waals surface area contributed by atoms with Gasteiger partial charge >= 0.3 is 5.97 Å². The van der Waals surface area contributed by atoms with Crippen LogP contribution in [0.5, 0.6) is 0 Å². The van der Waals surface area contributed by atoms with Gasteiger partial charge in [0.1, 0.15) is 5.78 Å². The minimum Gasteiger partial charge on any atom is -0.466 e. The second-order valence-corrected chi connectivity index (χ2v) is 3.83. The Kier molecular flexibility index (Phi) is 4.63. The highest BCUT2D eigenvalue weighted by molar-refractivity contribution is 5.79. The van der Waals surface area contributed by atoms with E-state index < -0.39 is 0 Å². The van der Waals surface area contributed by atoms with Gasteiger partial charge in [0.05, 0.1) is 6.61 Å². The van der Waals surface area contributed by atoms with Crippen LogP contribution in [0.3, 0.4) is 0 Å². The molecule has 0 amide bonds. The topological polar surface area (TPSA) is 43.4 Å². The van der Waals surface area contributed by atoms with E-state index in [9.17, 15) is 9.59 Å². The fraction of sp³-hybridized carbons (Fsp3) is 0.818. The zero-order valence-electron chi connectivity index (χ0n) is 8.75. The van der Waals surface area contributed by atoms with Crippen LogP contribution in [0, 0.1) is 5.92 Å². The molecule has 0 aromatic carbocycles. The third-order valence-corrected chi connectivity index (χ3v) is 2.72. The molecular weight excluding hydrogens is 180 g/mol. The van der Waals surface area contributed by atoms with E-state index >= 15 is 0 Å². The van der Waals surface area contributed by atoms with Crippen molar-refractivity contribution < 1.29 is 14.3 Å². The van der Waals surface area contributed by atoms with E-state index in [-0.39, 0.29) is 5.97 Å². The number of carbonyl (C=O) groups is 2. The second kappa shape index (κ2) is 5.78. The van der Waals surface area contributed by atoms with Gasteiger partial charge in [0.25, 0.3) is 0 Å². The minimum atomic E-state index is -0.107. The van der Waals surface area contributed by atoms with Crippen molar-refractivity contribution in [2.75, 3.05) is 6.61 Å². The third-order valence-electron chi connectivity index (χ3n) is 2.72. The van der Waals surface area contributed by atoms with E-state index in [4.69, 9.17) is 4.74 Å². The van der Waals surface area contributed by atoms with Crippen LogP contribution in [0.25, 0.3) is 0 Å². The monoisotopic (exact) mass is 198 g/mol. The summed E-state index contributed by atoms with van der Waals surface area (Å²) >= 11 is 0. The summed E-state index contributed by atoms with van der Waals surface area (Å²) in [7, 11) is 0. The molecule has 0 spiro atoms. The number of hydrogen-bond donors (Lipinski definition) is 0. The van der Waals surface area contributed by atoms with Gasteiger partial charge in [-0.15, -0.1) is 0 Å². The predicted molar refractivity (Wildman–Crippen MR) is 52.8 cm³/mol. The van der Waals surface area contributed by atoms with E-state index in [0.717, 1.165) is 19.3 Å². The molecule has 0 aliphatic heterocycles. The van der Waals surface area contributed by atoms with Crippen LogP contribution in [0.2, 0.25) is 0 Å². The van der Waals surface area contributed by atoms with Crippen molar-refractivity contribution in [3.63, 3.8) is 0 Å². The Bertz CT molecular complexity index is 201. The Labute approximate surface area is 84.8 Å². The lowest BCUT2D eigenvalue weighted by Crippen LogP contribution is -2.15. The molecule has 80 valence electrons. The minimum absolute atomic E-state index is 0.107. The van der Waals surface area contributed by atoms with Crippen LogP contribution in [0.15, 0.2) is 0 Å². The zero-order chi connectivity index (χ0) is 10.4. The lowest BCUT2D eigenvalue weighted by molar-refractivity contribution is -0.143. The molecule has 0 unspecified atom stereocenters. The standard InChI is InChI=1S/C11H18O3/c1-2-14-11(13)8-5-9-3-6-10(12)7-4-9/h9H,2-8H2,1H3. The lowest BCUT2D eigenvalue weighted by atomic mass is 9.85. The van der Waals surface area contributed by atoms with Crippen LogP contribution in [-0.2, 0) is 14.3 Å². The summed E-state index contributed by atoms with van der Waals surface area (Å²) in [6, 6.07) is 0. The molecule has 0 heterocycles. The average Bonchev–Trinajstić information content (AvgIpc) is 2.17. The van der Waals surface area contributed by atoms with Crippen molar-refractivity contribution in [3.05, 3.63) is 0 Å². The van der Waals surface area contributed by atoms with Crippen molar-refractivity contribution >= 4 is 11.8 Å². The first-order chi connectivity index (χ1) is 6.72. The normalized spacial score (nSPS) is 18.2. The molecular formula is C11H18O3. The lowest BCUT2D eigenvalue weighted by Gasteiger charge is -2.19. The number of esters is 1. The van der Waals surface area contributed by atoms with Crippen LogP contribution >= 0.6 is 0 Å². The van der Waals surface area contributed by atoms with Gasteiger partial charge in [-0.25, -0.2) is 0 Å². The van der Waals surface area contributed by atoms with Crippen LogP contribution in [-0.4, -0.2) is 18.4 Å². The first-order valence-electron chi connectivity index (χ1n) is 5.39. The highest BCUT2D eigenvalue weighted by Gasteiger charge is 2.19. The summed E-state index contributed by atoms with van der Waals surface area (Å²) in [6.07, 6.45) is 4.70. The molecule has 0 bridgehead atoms. The zero-order valence-corrected chi connectivity index (χ0v) is 8.75. The molecule has 14 heavy (non-hydrogen) atoms. The fourth-order valence-electron chi connectivity index (χ4n) is 1.84. The Morgan fingerprint density at radius 3 is 2.64 bits per heavy atom. The molecule has 1 saturated carbocycles. The summed E-state index contributed by atoms with van der Waals surface area (Å²) in [5.41, 5.74) is 0. The molecule has 3 nitrogen and oxygen atoms in total. The second-order valence-electron chi connectivity index (χ2n) is 3.83. The number of carbonyl (C=O) groups excluding carboxylic acids is 2. The highest BCUT2D eigenvalue weighted by atomic mass is 16.5. The molecule has 0 N–H and O–H groups in total. The van der Waals surface area contributed by atoms with Crippen molar-refractivity contribution in [1.29, 1.82) is 0 Å². The number of ether oxygens (including phenoxy) is 1. The Balaban J connectivity index is 2.12. The Hall–Kier alpha value is -0.860. The van der Waals surface area contributed by atoms with Gasteiger partial charge in [0.2, 0.25) is 0 Å². The quantitative estimate of drug-likeness (QED) is 0.650. The first-order valence-corrected chi connectivity index (χ1v) is 5.39. The van der Waals surface area contributed by atoms with Gasteiger partial charge in [0.15, 0.2) is 0 Å².